The Morgan fingerprint density at radius 1 is 1.33 bits per heavy atom. The first kappa shape index (κ1) is 11.6. The van der Waals surface area contributed by atoms with Crippen molar-refractivity contribution in [2.24, 2.45) is 0 Å². The number of hydrogen-bond acceptors (Lipinski definition) is 1. The topological polar surface area (TPSA) is 20.2 Å². The minimum atomic E-state index is -2.74. The van der Waals surface area contributed by atoms with Gasteiger partial charge in [-0.2, -0.15) is 0 Å². The molecule has 0 atom stereocenters. The Balaban J connectivity index is 3.63. The third-order valence-corrected chi connectivity index (χ3v) is 1.58. The molecule has 0 spiro atoms. The molecule has 0 saturated carbocycles. The summed E-state index contributed by atoms with van der Waals surface area (Å²) in [5.74, 6) is -2.74. The fraction of sp³-hybridized carbons (Fsp3) is 0.778. The van der Waals surface area contributed by atoms with E-state index in [4.69, 9.17) is 5.11 Å². The van der Waals surface area contributed by atoms with E-state index >= 15 is 0 Å². The lowest BCUT2D eigenvalue weighted by molar-refractivity contribution is 0.0422. The Morgan fingerprint density at radius 3 is 2.50 bits per heavy atom. The predicted molar refractivity (Wildman–Crippen MR) is 45.3 cm³/mol. The van der Waals surface area contributed by atoms with Gasteiger partial charge in [-0.25, -0.2) is 8.78 Å². The molecule has 72 valence electrons. The summed E-state index contributed by atoms with van der Waals surface area (Å²) in [6.45, 7) is 1.66. The molecule has 0 unspecified atom stereocenters. The van der Waals surface area contributed by atoms with Crippen molar-refractivity contribution < 1.29 is 13.9 Å². The molecule has 1 nitrogen and oxygen atoms in total. The average Bonchev–Trinajstić information content (AvgIpc) is 2.01. The van der Waals surface area contributed by atoms with Crippen LogP contribution in [0.3, 0.4) is 0 Å². The summed E-state index contributed by atoms with van der Waals surface area (Å²) in [4.78, 5) is 0. The van der Waals surface area contributed by atoms with Gasteiger partial charge in [0.1, 0.15) is 0 Å². The smallest absolute Gasteiger partial charge is 0.266 e. The van der Waals surface area contributed by atoms with Crippen LogP contribution in [0.5, 0.6) is 0 Å². The third kappa shape index (κ3) is 6.28. The monoisotopic (exact) mass is 178 g/mol. The third-order valence-electron chi connectivity index (χ3n) is 1.58. The summed E-state index contributed by atoms with van der Waals surface area (Å²) in [6, 6.07) is 0. The van der Waals surface area contributed by atoms with Crippen molar-refractivity contribution in [2.75, 3.05) is 6.61 Å². The minimum absolute atomic E-state index is 0.114. The van der Waals surface area contributed by atoms with E-state index in [2.05, 4.69) is 0 Å². The molecular formula is C9H16F2O. The number of aliphatic hydroxyl groups excluding tert-OH is 1. The van der Waals surface area contributed by atoms with Crippen LogP contribution in [0.25, 0.3) is 0 Å². The fourth-order valence-corrected chi connectivity index (χ4v) is 0.919. The molecule has 0 radical (unpaired) electrons. The van der Waals surface area contributed by atoms with E-state index in [1.165, 1.54) is 0 Å². The van der Waals surface area contributed by atoms with Gasteiger partial charge in [0, 0.05) is 6.42 Å². The number of allylic oxidation sites excluding steroid dienone is 1. The molecule has 0 rings (SSSR count). The van der Waals surface area contributed by atoms with E-state index < -0.39 is 5.92 Å². The van der Waals surface area contributed by atoms with E-state index in [1.54, 1.807) is 0 Å². The van der Waals surface area contributed by atoms with Crippen molar-refractivity contribution in [2.45, 2.75) is 38.5 Å². The predicted octanol–water partition coefficient (Wildman–Crippen LogP) is 2.75. The van der Waals surface area contributed by atoms with Gasteiger partial charge >= 0.3 is 0 Å². The zero-order valence-electron chi connectivity index (χ0n) is 7.39. The number of aliphatic hydroxyl groups is 1. The quantitative estimate of drug-likeness (QED) is 0.489. The van der Waals surface area contributed by atoms with Crippen molar-refractivity contribution in [1.82, 2.24) is 0 Å². The molecule has 0 aromatic heterocycles. The minimum Gasteiger partial charge on any atom is -0.392 e. The lowest BCUT2D eigenvalue weighted by Gasteiger charge is -2.10. The Labute approximate surface area is 72.1 Å². The highest BCUT2D eigenvalue weighted by Crippen LogP contribution is 2.22. The number of rotatable bonds is 6. The number of unbranched alkanes of at least 4 members (excludes halogenated alkanes) is 2. The Hall–Kier alpha value is -0.440. The highest BCUT2D eigenvalue weighted by molar-refractivity contribution is 4.94. The van der Waals surface area contributed by atoms with Crippen molar-refractivity contribution >= 4 is 0 Å². The number of halogens is 2. The Morgan fingerprint density at radius 2 is 2.00 bits per heavy atom. The molecule has 0 bridgehead atoms. The Bertz CT molecular complexity index is 132. The van der Waals surface area contributed by atoms with Gasteiger partial charge in [0.2, 0.25) is 0 Å². The van der Waals surface area contributed by atoms with Gasteiger partial charge < -0.3 is 5.11 Å². The molecule has 0 aliphatic carbocycles. The second-order valence-electron chi connectivity index (χ2n) is 2.80. The highest BCUT2D eigenvalue weighted by atomic mass is 19.3. The molecular weight excluding hydrogens is 162 g/mol. The van der Waals surface area contributed by atoms with Crippen LogP contribution in [0.4, 0.5) is 8.78 Å². The summed E-state index contributed by atoms with van der Waals surface area (Å²) in [6.07, 6.45) is 4.08. The zero-order valence-corrected chi connectivity index (χ0v) is 7.39. The van der Waals surface area contributed by atoms with Crippen molar-refractivity contribution in [3.63, 3.8) is 0 Å². The second kappa shape index (κ2) is 6.12. The second-order valence-corrected chi connectivity index (χ2v) is 2.80. The first-order valence-electron chi connectivity index (χ1n) is 4.29. The molecule has 0 aliphatic heterocycles. The largest absolute Gasteiger partial charge is 0.392 e. The molecule has 0 aliphatic rings. The van der Waals surface area contributed by atoms with Crippen LogP contribution >= 0.6 is 0 Å². The van der Waals surface area contributed by atoms with Crippen LogP contribution in [0.1, 0.15) is 32.6 Å². The molecule has 1 N–H and O–H groups in total. The van der Waals surface area contributed by atoms with Crippen LogP contribution in [-0.4, -0.2) is 17.6 Å². The van der Waals surface area contributed by atoms with Crippen LogP contribution in [0, 0.1) is 0 Å². The number of alkyl halides is 2. The van der Waals surface area contributed by atoms with Crippen molar-refractivity contribution in [1.29, 1.82) is 0 Å². The first-order valence-corrected chi connectivity index (χ1v) is 4.29. The lowest BCUT2D eigenvalue weighted by Crippen LogP contribution is -2.11. The lowest BCUT2D eigenvalue weighted by atomic mass is 10.1. The van der Waals surface area contributed by atoms with Gasteiger partial charge in [0.15, 0.2) is 0 Å². The van der Waals surface area contributed by atoms with Gasteiger partial charge in [0.05, 0.1) is 6.61 Å². The van der Waals surface area contributed by atoms with Crippen LogP contribution < -0.4 is 0 Å². The van der Waals surface area contributed by atoms with Gasteiger partial charge in [0.25, 0.3) is 5.92 Å². The van der Waals surface area contributed by atoms with E-state index in [9.17, 15) is 8.78 Å². The summed E-state index contributed by atoms with van der Waals surface area (Å²) in [7, 11) is 0. The van der Waals surface area contributed by atoms with E-state index in [0.717, 1.165) is 25.0 Å². The molecule has 0 fully saturated rings. The average molecular weight is 178 g/mol. The summed E-state index contributed by atoms with van der Waals surface area (Å²) < 4.78 is 25.5. The maximum absolute atomic E-state index is 12.7. The molecule has 3 heteroatoms. The summed E-state index contributed by atoms with van der Waals surface area (Å²) in [5.41, 5.74) is 0. The normalized spacial score (nSPS) is 12.7. The molecule has 0 aromatic rings. The maximum Gasteiger partial charge on any atom is 0.266 e. The van der Waals surface area contributed by atoms with Gasteiger partial charge in [-0.3, -0.25) is 0 Å². The highest BCUT2D eigenvalue weighted by Gasteiger charge is 2.23. The maximum atomic E-state index is 12.7. The molecule has 0 saturated heterocycles. The van der Waals surface area contributed by atoms with Crippen LogP contribution in [0.15, 0.2) is 12.2 Å². The van der Waals surface area contributed by atoms with Gasteiger partial charge in [-0.05, 0) is 12.5 Å². The summed E-state index contributed by atoms with van der Waals surface area (Å²) in [5, 5.41) is 8.28. The van der Waals surface area contributed by atoms with E-state index in [1.807, 2.05) is 6.92 Å². The zero-order chi connectivity index (χ0) is 9.45. The van der Waals surface area contributed by atoms with Crippen molar-refractivity contribution in [3.05, 3.63) is 12.2 Å². The van der Waals surface area contributed by atoms with E-state index in [0.29, 0.717) is 6.42 Å². The van der Waals surface area contributed by atoms with Gasteiger partial charge in [-0.15, -0.1) is 0 Å². The fourth-order valence-electron chi connectivity index (χ4n) is 0.919. The van der Waals surface area contributed by atoms with Crippen molar-refractivity contribution in [3.8, 4) is 0 Å². The van der Waals surface area contributed by atoms with Gasteiger partial charge in [-0.1, -0.05) is 25.8 Å². The Kier molecular flexibility index (Phi) is 5.89. The summed E-state index contributed by atoms with van der Waals surface area (Å²) >= 11 is 0. The molecule has 0 amide bonds. The SMILES string of the molecule is CCCCCC(F)(F)/C=C\CO. The molecule has 12 heavy (non-hydrogen) atoms. The number of hydrogen-bond donors (Lipinski definition) is 1. The van der Waals surface area contributed by atoms with Crippen LogP contribution in [-0.2, 0) is 0 Å². The first-order chi connectivity index (χ1) is 5.62. The standard InChI is InChI=1S/C9H16F2O/c1-2-3-4-6-9(10,11)7-5-8-12/h5,7,12H,2-4,6,8H2,1H3/b7-5-. The molecule has 0 aromatic carbocycles. The molecule has 0 heterocycles. The van der Waals surface area contributed by atoms with E-state index in [-0.39, 0.29) is 13.0 Å². The van der Waals surface area contributed by atoms with Crippen LogP contribution in [0.2, 0.25) is 0 Å².